The number of hydrogen-bond acceptors (Lipinski definition) is 3. The van der Waals surface area contributed by atoms with E-state index < -0.39 is 0 Å². The Hall–Kier alpha value is -2.66. The van der Waals surface area contributed by atoms with Crippen molar-refractivity contribution in [2.45, 2.75) is 20.0 Å². The van der Waals surface area contributed by atoms with E-state index >= 15 is 0 Å². The van der Waals surface area contributed by atoms with Gasteiger partial charge in [-0.05, 0) is 24.6 Å². The van der Waals surface area contributed by atoms with Gasteiger partial charge >= 0.3 is 0 Å². The van der Waals surface area contributed by atoms with Crippen molar-refractivity contribution in [3.63, 3.8) is 0 Å². The summed E-state index contributed by atoms with van der Waals surface area (Å²) in [5.41, 5.74) is 2.89. The molecule has 3 aromatic rings. The van der Waals surface area contributed by atoms with Crippen LogP contribution in [0.4, 0.5) is 0 Å². The van der Waals surface area contributed by atoms with E-state index in [0.29, 0.717) is 13.1 Å². The standard InChI is InChI=1S/C19H21N3O2/c1-15-20-17-9-5-6-10-18(17)22(15)14-19(24)21(11-12-23)13-16-7-3-2-4-8-16/h2-10,23H,11-14H2,1H3. The Balaban J connectivity index is 1.81. The van der Waals surface area contributed by atoms with Crippen LogP contribution in [0.1, 0.15) is 11.4 Å². The summed E-state index contributed by atoms with van der Waals surface area (Å²) in [7, 11) is 0. The van der Waals surface area contributed by atoms with E-state index in [4.69, 9.17) is 0 Å². The van der Waals surface area contributed by atoms with E-state index in [0.717, 1.165) is 22.4 Å². The molecule has 24 heavy (non-hydrogen) atoms. The number of carbonyl (C=O) groups excluding carboxylic acids is 1. The Morgan fingerprint density at radius 1 is 1.12 bits per heavy atom. The number of aryl methyl sites for hydroxylation is 1. The van der Waals surface area contributed by atoms with Crippen LogP contribution in [0.25, 0.3) is 11.0 Å². The van der Waals surface area contributed by atoms with Crippen molar-refractivity contribution in [3.8, 4) is 0 Å². The van der Waals surface area contributed by atoms with Crippen molar-refractivity contribution in [2.24, 2.45) is 0 Å². The van der Waals surface area contributed by atoms with Gasteiger partial charge in [-0.2, -0.15) is 0 Å². The Labute approximate surface area is 141 Å². The Morgan fingerprint density at radius 2 is 1.83 bits per heavy atom. The van der Waals surface area contributed by atoms with Gasteiger partial charge in [-0.3, -0.25) is 4.79 Å². The highest BCUT2D eigenvalue weighted by molar-refractivity contribution is 5.81. The minimum absolute atomic E-state index is 0.0286. The highest BCUT2D eigenvalue weighted by Gasteiger charge is 2.17. The number of carbonyl (C=O) groups is 1. The van der Waals surface area contributed by atoms with E-state index in [1.54, 1.807) is 4.90 Å². The molecule has 0 saturated heterocycles. The quantitative estimate of drug-likeness (QED) is 0.757. The lowest BCUT2D eigenvalue weighted by molar-refractivity contribution is -0.133. The zero-order chi connectivity index (χ0) is 16.9. The molecule has 2 aromatic carbocycles. The van der Waals surface area contributed by atoms with Crippen molar-refractivity contribution in [1.29, 1.82) is 0 Å². The average molecular weight is 323 g/mol. The van der Waals surface area contributed by atoms with Crippen LogP contribution in [0.5, 0.6) is 0 Å². The molecular formula is C19H21N3O2. The normalized spacial score (nSPS) is 10.9. The van der Waals surface area contributed by atoms with Crippen molar-refractivity contribution < 1.29 is 9.90 Å². The van der Waals surface area contributed by atoms with E-state index in [1.807, 2.05) is 66.1 Å². The summed E-state index contributed by atoms with van der Waals surface area (Å²) in [5, 5.41) is 9.30. The largest absolute Gasteiger partial charge is 0.395 e. The van der Waals surface area contributed by atoms with Gasteiger partial charge in [0.2, 0.25) is 5.91 Å². The van der Waals surface area contributed by atoms with Crippen LogP contribution in [-0.2, 0) is 17.9 Å². The van der Waals surface area contributed by atoms with Crippen LogP contribution in [0, 0.1) is 6.92 Å². The fraction of sp³-hybridized carbons (Fsp3) is 0.263. The lowest BCUT2D eigenvalue weighted by Crippen LogP contribution is -2.35. The second kappa shape index (κ2) is 7.27. The first-order valence-corrected chi connectivity index (χ1v) is 8.03. The monoisotopic (exact) mass is 323 g/mol. The molecule has 1 heterocycles. The smallest absolute Gasteiger partial charge is 0.242 e. The number of nitrogens with zero attached hydrogens (tertiary/aromatic N) is 3. The molecule has 0 radical (unpaired) electrons. The molecule has 0 fully saturated rings. The molecule has 0 spiro atoms. The Kier molecular flexibility index (Phi) is 4.91. The van der Waals surface area contributed by atoms with Gasteiger partial charge in [0.05, 0.1) is 17.6 Å². The Morgan fingerprint density at radius 3 is 2.58 bits per heavy atom. The molecule has 124 valence electrons. The van der Waals surface area contributed by atoms with Crippen molar-refractivity contribution in [3.05, 3.63) is 66.0 Å². The first-order valence-electron chi connectivity index (χ1n) is 8.03. The van der Waals surface area contributed by atoms with E-state index in [9.17, 15) is 9.90 Å². The van der Waals surface area contributed by atoms with E-state index in [1.165, 1.54) is 0 Å². The summed E-state index contributed by atoms with van der Waals surface area (Å²) in [6.07, 6.45) is 0. The predicted molar refractivity (Wildman–Crippen MR) is 93.4 cm³/mol. The summed E-state index contributed by atoms with van der Waals surface area (Å²) in [6, 6.07) is 17.6. The van der Waals surface area contributed by atoms with Gasteiger partial charge in [0.15, 0.2) is 0 Å². The highest BCUT2D eigenvalue weighted by atomic mass is 16.3. The summed E-state index contributed by atoms with van der Waals surface area (Å²) in [5.74, 6) is 0.785. The molecule has 0 aliphatic carbocycles. The van der Waals surface area contributed by atoms with Crippen LogP contribution in [-0.4, -0.2) is 38.6 Å². The number of imidazole rings is 1. The number of aromatic nitrogens is 2. The molecule has 0 aliphatic rings. The van der Waals surface area contributed by atoms with Crippen LogP contribution >= 0.6 is 0 Å². The van der Waals surface area contributed by atoms with Crippen LogP contribution < -0.4 is 0 Å². The molecule has 0 saturated carbocycles. The maximum Gasteiger partial charge on any atom is 0.242 e. The first-order chi connectivity index (χ1) is 11.7. The molecule has 1 amide bonds. The lowest BCUT2D eigenvalue weighted by atomic mass is 10.2. The third-order valence-corrected chi connectivity index (χ3v) is 4.08. The van der Waals surface area contributed by atoms with E-state index in [2.05, 4.69) is 4.98 Å². The van der Waals surface area contributed by atoms with Gasteiger partial charge in [0, 0.05) is 13.1 Å². The maximum atomic E-state index is 12.8. The van der Waals surface area contributed by atoms with Crippen LogP contribution in [0.2, 0.25) is 0 Å². The molecule has 0 atom stereocenters. The molecule has 5 heteroatoms. The lowest BCUT2D eigenvalue weighted by Gasteiger charge is -2.22. The highest BCUT2D eigenvalue weighted by Crippen LogP contribution is 2.16. The second-order valence-corrected chi connectivity index (χ2v) is 5.76. The number of aliphatic hydroxyl groups is 1. The average Bonchev–Trinajstić information content (AvgIpc) is 2.91. The van der Waals surface area contributed by atoms with Gasteiger partial charge in [-0.1, -0.05) is 42.5 Å². The fourth-order valence-corrected chi connectivity index (χ4v) is 2.85. The van der Waals surface area contributed by atoms with Gasteiger partial charge in [0.25, 0.3) is 0 Å². The summed E-state index contributed by atoms with van der Waals surface area (Å²) in [6.45, 7) is 2.88. The number of amides is 1. The molecule has 1 aromatic heterocycles. The molecule has 5 nitrogen and oxygen atoms in total. The Bertz CT molecular complexity index is 827. The van der Waals surface area contributed by atoms with Crippen molar-refractivity contribution >= 4 is 16.9 Å². The van der Waals surface area contributed by atoms with Crippen molar-refractivity contribution in [1.82, 2.24) is 14.5 Å². The zero-order valence-electron chi connectivity index (χ0n) is 13.7. The summed E-state index contributed by atoms with van der Waals surface area (Å²) >= 11 is 0. The maximum absolute atomic E-state index is 12.8. The topological polar surface area (TPSA) is 58.4 Å². The molecule has 0 aliphatic heterocycles. The van der Waals surface area contributed by atoms with Crippen LogP contribution in [0.15, 0.2) is 54.6 Å². The first kappa shape index (κ1) is 16.2. The third-order valence-electron chi connectivity index (χ3n) is 4.08. The van der Waals surface area contributed by atoms with Gasteiger partial charge in [-0.15, -0.1) is 0 Å². The number of para-hydroxylation sites is 2. The van der Waals surface area contributed by atoms with E-state index in [-0.39, 0.29) is 19.1 Å². The minimum Gasteiger partial charge on any atom is -0.395 e. The van der Waals surface area contributed by atoms with Gasteiger partial charge in [0.1, 0.15) is 12.4 Å². The number of aliphatic hydroxyl groups excluding tert-OH is 1. The number of rotatable bonds is 6. The summed E-state index contributed by atoms with van der Waals surface area (Å²) in [4.78, 5) is 18.9. The number of fused-ring (bicyclic) bond motifs is 1. The van der Waals surface area contributed by atoms with Gasteiger partial charge in [-0.25, -0.2) is 4.98 Å². The predicted octanol–water partition coefficient (Wildman–Crippen LogP) is 2.37. The van der Waals surface area contributed by atoms with Crippen molar-refractivity contribution in [2.75, 3.05) is 13.2 Å². The number of hydrogen-bond donors (Lipinski definition) is 1. The zero-order valence-corrected chi connectivity index (χ0v) is 13.7. The molecular weight excluding hydrogens is 302 g/mol. The molecule has 1 N–H and O–H groups in total. The molecule has 0 unspecified atom stereocenters. The summed E-state index contributed by atoms with van der Waals surface area (Å²) < 4.78 is 1.92. The molecule has 0 bridgehead atoms. The SMILES string of the molecule is Cc1nc2ccccc2n1CC(=O)N(CCO)Cc1ccccc1. The minimum atomic E-state index is -0.0533. The fourth-order valence-electron chi connectivity index (χ4n) is 2.85. The second-order valence-electron chi connectivity index (χ2n) is 5.76. The van der Waals surface area contributed by atoms with Gasteiger partial charge < -0.3 is 14.6 Å². The third kappa shape index (κ3) is 3.46. The number of benzene rings is 2. The molecule has 3 rings (SSSR count). The van der Waals surface area contributed by atoms with Crippen LogP contribution in [0.3, 0.4) is 0 Å².